The molecule has 0 aromatic heterocycles. The number of hydrogen-bond donors (Lipinski definition) is 1. The lowest BCUT2D eigenvalue weighted by Crippen LogP contribution is -2.43. The molecule has 2 aromatic carbocycles. The van der Waals surface area contributed by atoms with Crippen LogP contribution < -0.4 is 5.32 Å². The van der Waals surface area contributed by atoms with E-state index in [1.807, 2.05) is 43.3 Å². The van der Waals surface area contributed by atoms with Gasteiger partial charge in [0.25, 0.3) is 5.91 Å². The highest BCUT2D eigenvalue weighted by Crippen LogP contribution is 2.22. The molecule has 0 aliphatic rings. The second-order valence-corrected chi connectivity index (χ2v) is 7.51. The second-order valence-electron chi connectivity index (χ2n) is 7.51. The summed E-state index contributed by atoms with van der Waals surface area (Å²) < 4.78 is 4.87. The normalized spacial score (nSPS) is 12.3. The summed E-state index contributed by atoms with van der Waals surface area (Å²) in [5, 5.41) is 2.80. The van der Waals surface area contributed by atoms with Crippen LogP contribution in [0.3, 0.4) is 0 Å². The molecule has 1 amide bonds. The molecule has 0 heterocycles. The number of ether oxygens (including phenoxy) is 1. The molecule has 0 saturated carbocycles. The van der Waals surface area contributed by atoms with Crippen LogP contribution in [0, 0.1) is 6.92 Å². The average Bonchev–Trinajstić information content (AvgIpc) is 2.61. The Morgan fingerprint density at radius 1 is 1.04 bits per heavy atom. The van der Waals surface area contributed by atoms with Gasteiger partial charge in [0.15, 0.2) is 0 Å². The fourth-order valence-electron chi connectivity index (χ4n) is 2.76. The minimum Gasteiger partial charge on any atom is -0.467 e. The van der Waals surface area contributed by atoms with E-state index in [2.05, 4.69) is 26.1 Å². The van der Waals surface area contributed by atoms with Gasteiger partial charge < -0.3 is 10.1 Å². The van der Waals surface area contributed by atoms with Gasteiger partial charge in [-0.2, -0.15) is 0 Å². The van der Waals surface area contributed by atoms with Crippen molar-refractivity contribution in [3.63, 3.8) is 0 Å². The van der Waals surface area contributed by atoms with Crippen LogP contribution in [0.5, 0.6) is 0 Å². The fourth-order valence-corrected chi connectivity index (χ4v) is 2.76. The van der Waals surface area contributed by atoms with Crippen LogP contribution in [0.1, 0.15) is 47.8 Å². The van der Waals surface area contributed by atoms with Crippen LogP contribution in [0.2, 0.25) is 0 Å². The minimum absolute atomic E-state index is 0.0222. The summed E-state index contributed by atoms with van der Waals surface area (Å²) in [4.78, 5) is 24.7. The Hall–Kier alpha value is -2.62. The number of amides is 1. The Balaban J connectivity index is 2.16. The molecule has 0 spiro atoms. The van der Waals surface area contributed by atoms with Crippen molar-refractivity contribution >= 4 is 11.9 Å². The van der Waals surface area contributed by atoms with Gasteiger partial charge >= 0.3 is 5.97 Å². The van der Waals surface area contributed by atoms with E-state index in [-0.39, 0.29) is 11.3 Å². The molecule has 0 fully saturated rings. The Labute approximate surface area is 155 Å². The van der Waals surface area contributed by atoms with E-state index in [0.29, 0.717) is 12.0 Å². The predicted molar refractivity (Wildman–Crippen MR) is 103 cm³/mol. The van der Waals surface area contributed by atoms with Gasteiger partial charge in [-0.1, -0.05) is 57.2 Å². The molecule has 0 aliphatic carbocycles. The number of esters is 1. The van der Waals surface area contributed by atoms with Crippen molar-refractivity contribution in [2.24, 2.45) is 0 Å². The van der Waals surface area contributed by atoms with Crippen LogP contribution in [-0.2, 0) is 21.4 Å². The molecule has 1 N–H and O–H groups in total. The number of carbonyl (C=O) groups is 2. The first-order chi connectivity index (χ1) is 12.2. The summed E-state index contributed by atoms with van der Waals surface area (Å²) in [5.41, 5.74) is 3.78. The number of nitrogens with one attached hydrogen (secondary N) is 1. The molecule has 0 aliphatic heterocycles. The van der Waals surface area contributed by atoms with Crippen molar-refractivity contribution in [2.45, 2.75) is 45.6 Å². The Morgan fingerprint density at radius 2 is 1.65 bits per heavy atom. The Morgan fingerprint density at radius 3 is 2.19 bits per heavy atom. The minimum atomic E-state index is -0.726. The van der Waals surface area contributed by atoms with Crippen LogP contribution >= 0.6 is 0 Å². The number of aryl methyl sites for hydroxylation is 1. The topological polar surface area (TPSA) is 55.4 Å². The zero-order chi connectivity index (χ0) is 19.3. The summed E-state index contributed by atoms with van der Waals surface area (Å²) in [7, 11) is 1.33. The van der Waals surface area contributed by atoms with E-state index in [4.69, 9.17) is 4.74 Å². The number of carbonyl (C=O) groups excluding carboxylic acids is 2. The lowest BCUT2D eigenvalue weighted by Gasteiger charge is -2.20. The van der Waals surface area contributed by atoms with Gasteiger partial charge in [-0.3, -0.25) is 4.79 Å². The first-order valence-electron chi connectivity index (χ1n) is 8.76. The molecule has 138 valence electrons. The first kappa shape index (κ1) is 19.7. The van der Waals surface area contributed by atoms with Crippen molar-refractivity contribution in [2.75, 3.05) is 7.11 Å². The van der Waals surface area contributed by atoms with E-state index < -0.39 is 12.0 Å². The van der Waals surface area contributed by atoms with E-state index >= 15 is 0 Å². The van der Waals surface area contributed by atoms with Gasteiger partial charge in [0.1, 0.15) is 6.04 Å². The molecule has 26 heavy (non-hydrogen) atoms. The van der Waals surface area contributed by atoms with E-state index in [1.54, 1.807) is 12.1 Å². The monoisotopic (exact) mass is 353 g/mol. The highest BCUT2D eigenvalue weighted by atomic mass is 16.5. The van der Waals surface area contributed by atoms with E-state index in [9.17, 15) is 9.59 Å². The largest absolute Gasteiger partial charge is 0.467 e. The van der Waals surface area contributed by atoms with Gasteiger partial charge in [0.05, 0.1) is 7.11 Å². The SMILES string of the molecule is COC(=O)[C@H](Cc1ccccc1C)NC(=O)c1ccc(C(C)(C)C)cc1. The Kier molecular flexibility index (Phi) is 6.19. The smallest absolute Gasteiger partial charge is 0.328 e. The van der Waals surface area contributed by atoms with Gasteiger partial charge in [-0.15, -0.1) is 0 Å². The van der Waals surface area contributed by atoms with Gasteiger partial charge in [-0.05, 0) is 41.2 Å². The molecular formula is C22H27NO3. The van der Waals surface area contributed by atoms with Crippen molar-refractivity contribution in [1.82, 2.24) is 5.32 Å². The molecule has 2 rings (SSSR count). The molecular weight excluding hydrogens is 326 g/mol. The lowest BCUT2D eigenvalue weighted by atomic mass is 9.86. The number of benzene rings is 2. The summed E-state index contributed by atoms with van der Waals surface area (Å²) in [6, 6.07) is 14.6. The molecule has 0 radical (unpaired) electrons. The molecule has 2 aromatic rings. The van der Waals surface area contributed by atoms with Crippen LogP contribution in [0.15, 0.2) is 48.5 Å². The van der Waals surface area contributed by atoms with Crippen LogP contribution in [0.25, 0.3) is 0 Å². The first-order valence-corrected chi connectivity index (χ1v) is 8.76. The van der Waals surface area contributed by atoms with Crippen molar-refractivity contribution < 1.29 is 14.3 Å². The second kappa shape index (κ2) is 8.17. The standard InChI is InChI=1S/C22H27NO3/c1-15-8-6-7-9-17(15)14-19(21(25)26-5)23-20(24)16-10-12-18(13-11-16)22(2,3)4/h6-13,19H,14H2,1-5H3,(H,23,24)/t19-/m0/s1. The zero-order valence-corrected chi connectivity index (χ0v) is 16.1. The highest BCUT2D eigenvalue weighted by Gasteiger charge is 2.23. The van der Waals surface area contributed by atoms with Crippen LogP contribution in [-0.4, -0.2) is 25.0 Å². The molecule has 0 unspecified atom stereocenters. The van der Waals surface area contributed by atoms with Gasteiger partial charge in [0, 0.05) is 12.0 Å². The quantitative estimate of drug-likeness (QED) is 0.832. The highest BCUT2D eigenvalue weighted by molar-refractivity contribution is 5.96. The summed E-state index contributed by atoms with van der Waals surface area (Å²) in [6.07, 6.45) is 0.394. The van der Waals surface area contributed by atoms with Crippen LogP contribution in [0.4, 0.5) is 0 Å². The number of methoxy groups -OCH3 is 1. The van der Waals surface area contributed by atoms with Crippen molar-refractivity contribution in [1.29, 1.82) is 0 Å². The van der Waals surface area contributed by atoms with E-state index in [0.717, 1.165) is 16.7 Å². The van der Waals surface area contributed by atoms with E-state index in [1.165, 1.54) is 7.11 Å². The number of rotatable bonds is 5. The fraction of sp³-hybridized carbons (Fsp3) is 0.364. The maximum Gasteiger partial charge on any atom is 0.328 e. The maximum atomic E-state index is 12.6. The molecule has 4 heteroatoms. The summed E-state index contributed by atoms with van der Waals surface area (Å²) in [6.45, 7) is 8.35. The molecule has 4 nitrogen and oxygen atoms in total. The summed E-state index contributed by atoms with van der Waals surface area (Å²) >= 11 is 0. The third kappa shape index (κ3) is 4.94. The summed E-state index contributed by atoms with van der Waals surface area (Å²) in [5.74, 6) is -0.734. The molecule has 1 atom stereocenters. The zero-order valence-electron chi connectivity index (χ0n) is 16.1. The van der Waals surface area contributed by atoms with Gasteiger partial charge in [-0.25, -0.2) is 4.79 Å². The third-order valence-electron chi connectivity index (χ3n) is 4.49. The average molecular weight is 353 g/mol. The number of hydrogen-bond acceptors (Lipinski definition) is 3. The van der Waals surface area contributed by atoms with Crippen molar-refractivity contribution in [3.05, 3.63) is 70.8 Å². The third-order valence-corrected chi connectivity index (χ3v) is 4.49. The van der Waals surface area contributed by atoms with Crippen molar-refractivity contribution in [3.8, 4) is 0 Å². The predicted octanol–water partition coefficient (Wildman–Crippen LogP) is 3.81. The Bertz CT molecular complexity index is 773. The molecule has 0 bridgehead atoms. The van der Waals surface area contributed by atoms with Gasteiger partial charge in [0.2, 0.25) is 0 Å². The molecule has 0 saturated heterocycles. The lowest BCUT2D eigenvalue weighted by molar-refractivity contribution is -0.142. The maximum absolute atomic E-state index is 12.6.